The molecular formula is C27H40O4. The molecule has 0 atom stereocenters. The molecule has 0 aliphatic heterocycles. The van der Waals surface area contributed by atoms with Gasteiger partial charge in [-0.2, -0.15) is 0 Å². The van der Waals surface area contributed by atoms with Gasteiger partial charge in [-0.15, -0.1) is 0 Å². The Morgan fingerprint density at radius 1 is 0.677 bits per heavy atom. The van der Waals surface area contributed by atoms with Crippen molar-refractivity contribution in [3.63, 3.8) is 0 Å². The molecule has 0 saturated heterocycles. The van der Waals surface area contributed by atoms with Crippen LogP contribution in [0.15, 0.2) is 34.9 Å². The van der Waals surface area contributed by atoms with Crippen molar-refractivity contribution in [3.05, 3.63) is 34.9 Å². The van der Waals surface area contributed by atoms with Gasteiger partial charge in [0, 0.05) is 31.1 Å². The zero-order valence-corrected chi connectivity index (χ0v) is 20.9. The number of carbonyl (C=O) groups excluding carboxylic acids is 4. The van der Waals surface area contributed by atoms with Gasteiger partial charge in [-0.25, -0.2) is 0 Å². The predicted molar refractivity (Wildman–Crippen MR) is 126 cm³/mol. The van der Waals surface area contributed by atoms with Gasteiger partial charge >= 0.3 is 0 Å². The molecule has 0 spiro atoms. The van der Waals surface area contributed by atoms with E-state index in [0.29, 0.717) is 37.0 Å². The Morgan fingerprint density at radius 3 is 1.65 bits per heavy atom. The van der Waals surface area contributed by atoms with E-state index >= 15 is 0 Å². The van der Waals surface area contributed by atoms with Crippen LogP contribution in [0.4, 0.5) is 0 Å². The quantitative estimate of drug-likeness (QED) is 0.434. The first-order valence-corrected chi connectivity index (χ1v) is 11.1. The molecule has 172 valence electrons. The van der Waals surface area contributed by atoms with E-state index in [9.17, 15) is 19.2 Å². The third-order valence-corrected chi connectivity index (χ3v) is 5.55. The van der Waals surface area contributed by atoms with Crippen molar-refractivity contribution in [1.82, 2.24) is 0 Å². The molecule has 0 heterocycles. The van der Waals surface area contributed by atoms with E-state index in [1.807, 2.05) is 27.7 Å². The number of ketones is 4. The fraction of sp³-hybridized carbons (Fsp3) is 0.630. The first-order valence-electron chi connectivity index (χ1n) is 11.1. The summed E-state index contributed by atoms with van der Waals surface area (Å²) in [6.45, 7) is 17.9. The number of allylic oxidation sites excluding steroid dienone is 6. The molecule has 4 heteroatoms. The maximum atomic E-state index is 11.4. The van der Waals surface area contributed by atoms with Crippen molar-refractivity contribution in [1.29, 1.82) is 0 Å². The molecule has 0 aromatic rings. The Kier molecular flexibility index (Phi) is 8.70. The summed E-state index contributed by atoms with van der Waals surface area (Å²) in [5.74, 6) is 0.822. The van der Waals surface area contributed by atoms with Crippen molar-refractivity contribution >= 4 is 23.1 Å². The number of hydrogen-bond donors (Lipinski definition) is 0. The van der Waals surface area contributed by atoms with E-state index in [-0.39, 0.29) is 28.2 Å². The zero-order chi connectivity index (χ0) is 24.2. The van der Waals surface area contributed by atoms with Crippen LogP contribution in [0.5, 0.6) is 0 Å². The highest BCUT2D eigenvalue weighted by atomic mass is 16.1. The molecule has 3 aliphatic carbocycles. The van der Waals surface area contributed by atoms with Crippen molar-refractivity contribution in [2.45, 2.75) is 94.4 Å². The molecule has 4 nitrogen and oxygen atoms in total. The smallest absolute Gasteiger partial charge is 0.164 e. The molecule has 0 radical (unpaired) electrons. The molecule has 0 saturated carbocycles. The normalized spacial score (nSPS) is 24.0. The van der Waals surface area contributed by atoms with Crippen LogP contribution in [0, 0.1) is 16.2 Å². The molecule has 0 N–H and O–H groups in total. The van der Waals surface area contributed by atoms with Crippen LogP contribution in [0.25, 0.3) is 0 Å². The van der Waals surface area contributed by atoms with Gasteiger partial charge in [0.15, 0.2) is 17.3 Å². The van der Waals surface area contributed by atoms with Crippen molar-refractivity contribution in [2.24, 2.45) is 16.2 Å². The SMILES string of the molecule is CC1=CC(=O)CC(C)(C)C1.CC1=CC(=O)CC(C)(C)C1=O.CC1=CC(C)(C)CC(=O)C1. The molecule has 0 aromatic heterocycles. The van der Waals surface area contributed by atoms with Gasteiger partial charge in [-0.1, -0.05) is 58.8 Å². The summed E-state index contributed by atoms with van der Waals surface area (Å²) in [6.07, 6.45) is 8.92. The summed E-state index contributed by atoms with van der Waals surface area (Å²) < 4.78 is 0. The molecule has 3 rings (SSSR count). The third-order valence-electron chi connectivity index (χ3n) is 5.55. The van der Waals surface area contributed by atoms with Gasteiger partial charge in [-0.05, 0) is 55.7 Å². The molecule has 0 bridgehead atoms. The van der Waals surface area contributed by atoms with Crippen molar-refractivity contribution in [2.75, 3.05) is 0 Å². The Morgan fingerprint density at radius 2 is 1.23 bits per heavy atom. The van der Waals surface area contributed by atoms with Crippen molar-refractivity contribution in [3.8, 4) is 0 Å². The highest BCUT2D eigenvalue weighted by molar-refractivity contribution is 6.10. The highest BCUT2D eigenvalue weighted by Crippen LogP contribution is 2.33. The van der Waals surface area contributed by atoms with Crippen LogP contribution >= 0.6 is 0 Å². The number of rotatable bonds is 0. The third kappa shape index (κ3) is 9.28. The minimum atomic E-state index is -0.476. The lowest BCUT2D eigenvalue weighted by atomic mass is 9.76. The average Bonchev–Trinajstić information content (AvgIpc) is 2.48. The van der Waals surface area contributed by atoms with Crippen molar-refractivity contribution < 1.29 is 19.2 Å². The molecule has 0 aromatic carbocycles. The predicted octanol–water partition coefficient (Wildman–Crippen LogP) is 6.14. The van der Waals surface area contributed by atoms with Gasteiger partial charge in [0.25, 0.3) is 0 Å². The first-order chi connectivity index (χ1) is 13.9. The maximum absolute atomic E-state index is 11.4. The fourth-order valence-corrected chi connectivity index (χ4v) is 4.72. The van der Waals surface area contributed by atoms with Crippen LogP contribution in [-0.4, -0.2) is 23.1 Å². The second kappa shape index (κ2) is 10.0. The van der Waals surface area contributed by atoms with Gasteiger partial charge in [0.1, 0.15) is 5.78 Å². The summed E-state index contributed by atoms with van der Waals surface area (Å²) in [4.78, 5) is 44.4. The van der Waals surface area contributed by atoms with E-state index in [0.717, 1.165) is 6.42 Å². The monoisotopic (exact) mass is 428 g/mol. The maximum Gasteiger partial charge on any atom is 0.164 e. The lowest BCUT2D eigenvalue weighted by molar-refractivity contribution is -0.129. The lowest BCUT2D eigenvalue weighted by Gasteiger charge is -2.27. The van der Waals surface area contributed by atoms with Crippen LogP contribution in [0.1, 0.15) is 94.4 Å². The minimum Gasteiger partial charge on any atom is -0.299 e. The molecule has 0 amide bonds. The standard InChI is InChI=1S/C9H12O2.2C9H14O/c1-6-4-7(10)5-9(2,3)8(6)11;2*1-7-4-8(10)6-9(2,3)5-7/h4H,5H2,1-3H3;5H,4,6H2,1-3H3;4H,5-6H2,1-3H3. The number of Topliss-reactive ketones (excluding diaryl/α,β-unsaturated/α-hetero) is 2. The molecular weight excluding hydrogens is 388 g/mol. The second-order valence-corrected chi connectivity index (χ2v) is 11.5. The van der Waals surface area contributed by atoms with Crippen LogP contribution < -0.4 is 0 Å². The number of hydrogen-bond acceptors (Lipinski definition) is 4. The van der Waals surface area contributed by atoms with Gasteiger partial charge < -0.3 is 0 Å². The van der Waals surface area contributed by atoms with E-state index in [1.165, 1.54) is 17.2 Å². The van der Waals surface area contributed by atoms with Crippen LogP contribution in [-0.2, 0) is 19.2 Å². The van der Waals surface area contributed by atoms with E-state index in [4.69, 9.17) is 0 Å². The summed E-state index contributed by atoms with van der Waals surface area (Å²) in [5.41, 5.74) is 2.87. The van der Waals surface area contributed by atoms with Crippen LogP contribution in [0.2, 0.25) is 0 Å². The van der Waals surface area contributed by atoms with Gasteiger partial charge in [0.2, 0.25) is 0 Å². The number of carbonyl (C=O) groups is 4. The molecule has 0 fully saturated rings. The van der Waals surface area contributed by atoms with E-state index in [2.05, 4.69) is 33.8 Å². The lowest BCUT2D eigenvalue weighted by Crippen LogP contribution is -2.31. The second-order valence-electron chi connectivity index (χ2n) is 11.5. The first kappa shape index (κ1) is 26.9. The van der Waals surface area contributed by atoms with Gasteiger partial charge in [0.05, 0.1) is 0 Å². The van der Waals surface area contributed by atoms with Gasteiger partial charge in [-0.3, -0.25) is 19.2 Å². The topological polar surface area (TPSA) is 68.3 Å². The van der Waals surface area contributed by atoms with E-state index in [1.54, 1.807) is 13.0 Å². The Labute approximate surface area is 188 Å². The Balaban J connectivity index is 0.000000233. The largest absolute Gasteiger partial charge is 0.299 e. The molecule has 3 aliphatic rings. The molecule has 31 heavy (non-hydrogen) atoms. The zero-order valence-electron chi connectivity index (χ0n) is 20.9. The summed E-state index contributed by atoms with van der Waals surface area (Å²) in [5, 5.41) is 0. The van der Waals surface area contributed by atoms with E-state index < -0.39 is 5.41 Å². The summed E-state index contributed by atoms with van der Waals surface area (Å²) >= 11 is 0. The summed E-state index contributed by atoms with van der Waals surface area (Å²) in [7, 11) is 0. The van der Waals surface area contributed by atoms with Crippen LogP contribution in [0.3, 0.4) is 0 Å². The average molecular weight is 429 g/mol. The summed E-state index contributed by atoms with van der Waals surface area (Å²) in [6, 6.07) is 0. The molecule has 0 unspecified atom stereocenters. The minimum absolute atomic E-state index is 0.0621. The Bertz CT molecular complexity index is 844. The fourth-order valence-electron chi connectivity index (χ4n) is 4.72. The highest BCUT2D eigenvalue weighted by Gasteiger charge is 2.34. The Hall–Kier alpha value is -2.10.